The Morgan fingerprint density at radius 2 is 0.958 bits per heavy atom. The van der Waals surface area contributed by atoms with Gasteiger partial charge in [-0.2, -0.15) is 0 Å². The molecule has 268 valence electrons. The van der Waals surface area contributed by atoms with Gasteiger partial charge in [0.2, 0.25) is 0 Å². The van der Waals surface area contributed by atoms with E-state index in [1.54, 1.807) is 0 Å². The van der Waals surface area contributed by atoms with E-state index in [9.17, 15) is 10.2 Å². The topological polar surface area (TPSA) is 65.2 Å². The lowest BCUT2D eigenvalue weighted by molar-refractivity contribution is 0.375. The average Bonchev–Trinajstić information content (AvgIpc) is 3.08. The summed E-state index contributed by atoms with van der Waals surface area (Å²) in [4.78, 5) is 10.2. The van der Waals surface area contributed by atoms with Gasteiger partial charge in [-0.15, -0.1) is 0 Å². The molecule has 2 aromatic rings. The van der Waals surface area contributed by atoms with Gasteiger partial charge < -0.3 is 10.2 Å². The fourth-order valence-corrected chi connectivity index (χ4v) is 9.10. The van der Waals surface area contributed by atoms with E-state index in [0.717, 1.165) is 69.6 Å². The Balaban J connectivity index is 1.90. The van der Waals surface area contributed by atoms with Crippen molar-refractivity contribution in [2.24, 2.45) is 9.98 Å². The first kappa shape index (κ1) is 42.7. The second-order valence-electron chi connectivity index (χ2n) is 14.4. The predicted octanol–water partition coefficient (Wildman–Crippen LogP) is 12.7. The molecule has 2 aromatic carbocycles. The number of aryl methyl sites for hydroxylation is 2. The van der Waals surface area contributed by atoms with Crippen molar-refractivity contribution in [1.29, 1.82) is 0 Å². The molecule has 0 aromatic heterocycles. The Hall–Kier alpha value is 0.300. The van der Waals surface area contributed by atoms with E-state index in [2.05, 4.69) is 128 Å². The molecule has 1 fully saturated rings. The minimum Gasteiger partial charge on any atom is -0.507 e. The van der Waals surface area contributed by atoms with Crippen molar-refractivity contribution in [3.63, 3.8) is 0 Å². The van der Waals surface area contributed by atoms with Crippen LogP contribution in [0.3, 0.4) is 0 Å². The molecule has 0 heterocycles. The molecule has 3 rings (SSSR count). The summed E-state index contributed by atoms with van der Waals surface area (Å²) in [6, 6.07) is 8.92. The third-order valence-electron chi connectivity index (χ3n) is 10.5. The van der Waals surface area contributed by atoms with Gasteiger partial charge in [-0.1, -0.05) is 142 Å². The summed E-state index contributed by atoms with van der Waals surface area (Å²) in [5, 5.41) is 22.3. The van der Waals surface area contributed by atoms with E-state index in [-0.39, 0.29) is 22.9 Å². The van der Waals surface area contributed by atoms with Gasteiger partial charge in [-0.05, 0) is 141 Å². The first-order chi connectivity index (χ1) is 23.0. The Morgan fingerprint density at radius 1 is 0.604 bits per heavy atom. The number of hydrogen-bond acceptors (Lipinski definition) is 4. The standard InChI is InChI=1S/C40H58I4N2O2/c1-29-23-33(39(3,15-7-9-19-41)16-8-10-20-42)25-31(37(29)47)27-45-35-13-5-6-14-36(35)46-28-32-26-34(24-30(2)38(32)48)40(4,17-11-21-43)18-12-22-44/h23-28,35-36,47-48H,5-22H2,1-4H3/b45-27+,46-28+/t35-,36-/m0/s1. The smallest absolute Gasteiger partial charge is 0.127 e. The van der Waals surface area contributed by atoms with Crippen molar-refractivity contribution in [3.8, 4) is 11.5 Å². The van der Waals surface area contributed by atoms with Crippen molar-refractivity contribution in [1.82, 2.24) is 0 Å². The third-order valence-corrected chi connectivity index (χ3v) is 13.6. The molecule has 0 radical (unpaired) electrons. The van der Waals surface area contributed by atoms with Crippen LogP contribution in [0.2, 0.25) is 0 Å². The molecule has 1 saturated carbocycles. The molecular formula is C40H58I4N2O2. The van der Waals surface area contributed by atoms with E-state index in [0.29, 0.717) is 11.5 Å². The number of halogens is 4. The Labute approximate surface area is 346 Å². The SMILES string of the molecule is Cc1cc(C(C)(CCCI)CCCI)cc(/C=N/[C@H]2CCCC[C@@H]2/N=C/c2cc(C(C)(CCCCI)CCCCI)cc(C)c2O)c1O. The van der Waals surface area contributed by atoms with Crippen LogP contribution in [0.5, 0.6) is 11.5 Å². The lowest BCUT2D eigenvalue weighted by Gasteiger charge is -2.32. The highest BCUT2D eigenvalue weighted by atomic mass is 127. The summed E-state index contributed by atoms with van der Waals surface area (Å²) in [5.74, 6) is 0.673. The van der Waals surface area contributed by atoms with Gasteiger partial charge in [-0.25, -0.2) is 0 Å². The van der Waals surface area contributed by atoms with E-state index in [4.69, 9.17) is 9.98 Å². The van der Waals surface area contributed by atoms with Gasteiger partial charge in [0, 0.05) is 23.6 Å². The number of phenols is 2. The van der Waals surface area contributed by atoms with Crippen LogP contribution in [0.25, 0.3) is 0 Å². The van der Waals surface area contributed by atoms with Crippen LogP contribution in [-0.4, -0.2) is 52.4 Å². The maximum atomic E-state index is 11.2. The van der Waals surface area contributed by atoms with Crippen LogP contribution >= 0.6 is 90.4 Å². The predicted molar refractivity (Wildman–Crippen MR) is 243 cm³/mol. The van der Waals surface area contributed by atoms with E-state index >= 15 is 0 Å². The minimum absolute atomic E-state index is 0.0565. The van der Waals surface area contributed by atoms with Gasteiger partial charge in [0.25, 0.3) is 0 Å². The average molecular weight is 1110 g/mol. The first-order valence-electron chi connectivity index (χ1n) is 18.0. The maximum Gasteiger partial charge on any atom is 0.127 e. The Morgan fingerprint density at radius 3 is 1.31 bits per heavy atom. The molecule has 0 amide bonds. The second kappa shape index (κ2) is 21.7. The molecule has 0 aliphatic heterocycles. The van der Waals surface area contributed by atoms with Crippen molar-refractivity contribution >= 4 is 103 Å². The number of aliphatic imine (C=N–C) groups is 2. The van der Waals surface area contributed by atoms with Crippen LogP contribution in [0.4, 0.5) is 0 Å². The molecule has 0 saturated heterocycles. The van der Waals surface area contributed by atoms with E-state index < -0.39 is 0 Å². The summed E-state index contributed by atoms with van der Waals surface area (Å²) in [7, 11) is 0. The van der Waals surface area contributed by atoms with Crippen molar-refractivity contribution in [2.45, 2.75) is 141 Å². The molecule has 48 heavy (non-hydrogen) atoms. The lowest BCUT2D eigenvalue weighted by Crippen LogP contribution is -2.27. The lowest BCUT2D eigenvalue weighted by atomic mass is 9.73. The zero-order valence-electron chi connectivity index (χ0n) is 29.6. The molecule has 2 N–H and O–H groups in total. The highest BCUT2D eigenvalue weighted by Gasteiger charge is 2.29. The fourth-order valence-electron chi connectivity index (χ4n) is 7.26. The molecule has 2 atom stereocenters. The minimum atomic E-state index is 0.0565. The van der Waals surface area contributed by atoms with Crippen molar-refractivity contribution in [3.05, 3.63) is 57.6 Å². The van der Waals surface area contributed by atoms with Crippen LogP contribution < -0.4 is 0 Å². The molecular weight excluding hydrogens is 1050 g/mol. The zero-order chi connectivity index (χ0) is 35.2. The largest absolute Gasteiger partial charge is 0.507 e. The third kappa shape index (κ3) is 12.5. The number of nitrogens with zero attached hydrogens (tertiary/aromatic N) is 2. The highest BCUT2D eigenvalue weighted by Crippen LogP contribution is 2.40. The Bertz CT molecular complexity index is 1330. The number of phenolic OH excluding ortho intramolecular Hbond substituents is 2. The second-order valence-corrected chi connectivity index (χ2v) is 18.8. The summed E-state index contributed by atoms with van der Waals surface area (Å²) < 4.78 is 4.71. The van der Waals surface area contributed by atoms with Crippen LogP contribution in [0.15, 0.2) is 34.3 Å². The van der Waals surface area contributed by atoms with Gasteiger partial charge in [0.05, 0.1) is 12.1 Å². The summed E-state index contributed by atoms with van der Waals surface area (Å²) in [6.07, 6.45) is 20.0. The summed E-state index contributed by atoms with van der Waals surface area (Å²) >= 11 is 9.94. The molecule has 0 unspecified atom stereocenters. The first-order valence-corrected chi connectivity index (χ1v) is 24.1. The molecule has 4 nitrogen and oxygen atoms in total. The quantitative estimate of drug-likeness (QED) is 0.0601. The molecule has 1 aliphatic carbocycles. The molecule has 8 heteroatoms. The molecule has 0 spiro atoms. The van der Waals surface area contributed by atoms with Gasteiger partial charge in [-0.3, -0.25) is 9.98 Å². The highest BCUT2D eigenvalue weighted by molar-refractivity contribution is 14.1. The number of alkyl halides is 4. The Kier molecular flexibility index (Phi) is 19.3. The number of unbranched alkanes of at least 4 members (excludes halogenated alkanes) is 2. The summed E-state index contributed by atoms with van der Waals surface area (Å²) in [5.41, 5.74) is 6.31. The van der Waals surface area contributed by atoms with E-state index in [1.165, 1.54) is 71.3 Å². The number of hydrogen-bond donors (Lipinski definition) is 2. The van der Waals surface area contributed by atoms with E-state index in [1.807, 2.05) is 26.3 Å². The number of benzene rings is 2. The van der Waals surface area contributed by atoms with Crippen molar-refractivity contribution in [2.75, 3.05) is 17.7 Å². The molecule has 1 aliphatic rings. The molecule has 0 bridgehead atoms. The monoisotopic (exact) mass is 1110 g/mol. The maximum absolute atomic E-state index is 11.2. The van der Waals surface area contributed by atoms with Crippen LogP contribution in [-0.2, 0) is 10.8 Å². The number of rotatable bonds is 20. The normalized spacial score (nSPS) is 17.6. The van der Waals surface area contributed by atoms with Crippen molar-refractivity contribution < 1.29 is 10.2 Å². The summed E-state index contributed by atoms with van der Waals surface area (Å²) in [6.45, 7) is 8.86. The zero-order valence-corrected chi connectivity index (χ0v) is 38.3. The van der Waals surface area contributed by atoms with Gasteiger partial charge >= 0.3 is 0 Å². The number of aromatic hydroxyl groups is 2. The van der Waals surface area contributed by atoms with Gasteiger partial charge in [0.1, 0.15) is 11.5 Å². The van der Waals surface area contributed by atoms with Crippen LogP contribution in [0, 0.1) is 13.8 Å². The van der Waals surface area contributed by atoms with Gasteiger partial charge in [0.15, 0.2) is 0 Å². The fraction of sp³-hybridized carbons (Fsp3) is 0.650. The van der Waals surface area contributed by atoms with Crippen LogP contribution in [0.1, 0.15) is 137 Å².